The average molecular weight is 2170 g/mol. The summed E-state index contributed by atoms with van der Waals surface area (Å²) in [7, 11) is -19.8. The Morgan fingerprint density at radius 3 is 0.432 bits per heavy atom. The molecule has 770 valence electrons. The van der Waals surface area contributed by atoms with E-state index in [-0.39, 0.29) is 70.4 Å². The zero-order valence-electron chi connectivity index (χ0n) is 79.1. The molecule has 148 heavy (non-hydrogen) atoms. The first-order chi connectivity index (χ1) is 70.5. The van der Waals surface area contributed by atoms with E-state index < -0.39 is 41.0 Å². The number of hydrogen-bond donors (Lipinski definition) is 0. The largest absolute Gasteiger partial charge is 2.00 e. The minimum absolute atomic E-state index is 0. The van der Waals surface area contributed by atoms with Gasteiger partial charge in [-0.25, -0.2) is 74.5 Å². The number of aliphatic imine (C=N–C) groups is 6. The van der Waals surface area contributed by atoms with E-state index in [0.717, 1.165) is 101 Å². The van der Waals surface area contributed by atoms with Crippen LogP contribution in [-0.4, -0.2) is 107 Å². The van der Waals surface area contributed by atoms with Gasteiger partial charge in [-0.3, -0.25) is 59.9 Å². The van der Waals surface area contributed by atoms with Crippen molar-refractivity contribution in [1.82, 2.24) is 29.9 Å². The third-order valence-corrected chi connectivity index (χ3v) is 19.8. The molecule has 40 heteroatoms. The molecule has 0 unspecified atom stereocenters. The van der Waals surface area contributed by atoms with Crippen LogP contribution in [0.2, 0.25) is 0 Å². The molecule has 0 fully saturated rings. The summed E-state index contributed by atoms with van der Waals surface area (Å²) in [4.78, 5) is 54.8. The van der Waals surface area contributed by atoms with E-state index in [1.54, 1.807) is 37.2 Å². The van der Waals surface area contributed by atoms with Gasteiger partial charge in [0, 0.05) is 74.5 Å². The molecular formula is C108H102Cl4Fe2N12O22. The number of aromatic nitrogens is 6. The molecule has 6 aromatic heterocycles. The van der Waals surface area contributed by atoms with Crippen LogP contribution in [0.4, 0.5) is 0 Å². The molecule has 15 rings (SSSR count). The van der Waals surface area contributed by atoms with Crippen molar-refractivity contribution in [3.63, 3.8) is 0 Å². The molecule has 34 nitrogen and oxygen atoms in total. The normalized spacial score (nSPS) is 12.6. The summed E-state index contributed by atoms with van der Waals surface area (Å²) < 4.78 is 173. The van der Waals surface area contributed by atoms with Crippen LogP contribution in [0.15, 0.2) is 431 Å². The summed E-state index contributed by atoms with van der Waals surface area (Å²) >= 11 is 0. The maximum absolute atomic E-state index is 8.49. The van der Waals surface area contributed by atoms with Crippen molar-refractivity contribution in [2.24, 2.45) is 30.0 Å². The van der Waals surface area contributed by atoms with Gasteiger partial charge in [-0.1, -0.05) is 291 Å². The Hall–Kier alpha value is -12.8. The van der Waals surface area contributed by atoms with E-state index in [2.05, 4.69) is 157 Å². The number of rotatable bonds is 42. The molecule has 0 saturated heterocycles. The third kappa shape index (κ3) is 56.4. The quantitative estimate of drug-likeness (QED) is 0.0392. The van der Waals surface area contributed by atoms with E-state index in [0.29, 0.717) is 79.3 Å². The van der Waals surface area contributed by atoms with E-state index in [9.17, 15) is 0 Å². The van der Waals surface area contributed by atoms with Crippen LogP contribution in [0.5, 0.6) is 0 Å². The molecule has 0 bridgehead atoms. The second-order valence-corrected chi connectivity index (χ2v) is 33.8. The number of nitrogens with zero attached hydrogens (tertiary/aromatic N) is 12. The Labute approximate surface area is 886 Å². The fourth-order valence-electron chi connectivity index (χ4n) is 13.3. The van der Waals surface area contributed by atoms with Gasteiger partial charge in [0.25, 0.3) is 0 Å². The van der Waals surface area contributed by atoms with E-state index in [1.165, 1.54) is 0 Å². The minimum Gasteiger partial charge on any atom is -0.374 e. The number of pyridine rings is 6. The van der Waals surface area contributed by atoms with E-state index in [4.69, 9.17) is 133 Å². The SMILES string of the molecule is C(=N[C@@H](COCc1cccc(COC[C@H](N=Cc2ccccn2)c2ccccc2)c1)c1ccccc1)c1ccccn1.C(=N[C@@H](COCc1cccc(COC[C@H](N=Cc2ccccn2)c2ccccc2)c1)c1ccccc1)c1ccccn1.C(=N[C@@H](COCc1cccc(COC[C@H](N=Cc2ccccn2)c2ccccc2)c1)c1ccccc1)c1ccccn1.[Fe+2].[Fe+2].[O-][Cl+3]([O-])([O-])[O-].[O-][Cl+3]([O-])([O-])[O-].[O-][Cl+3]([O-])([O-])[O-].[O-][Cl+3]([O-])([O-])[O-]. The van der Waals surface area contributed by atoms with Crippen LogP contribution in [0.3, 0.4) is 0 Å². The van der Waals surface area contributed by atoms with Crippen LogP contribution < -0.4 is 74.5 Å². The molecular weight excluding hydrogens is 2070 g/mol. The Kier molecular flexibility index (Phi) is 57.3. The van der Waals surface area contributed by atoms with Crippen LogP contribution in [0.1, 0.15) is 137 Å². The van der Waals surface area contributed by atoms with Gasteiger partial charge in [-0.05, 0) is 140 Å². The van der Waals surface area contributed by atoms with Crippen LogP contribution in [0.25, 0.3) is 0 Å². The van der Waals surface area contributed by atoms with Gasteiger partial charge < -0.3 is 28.4 Å². The van der Waals surface area contributed by atoms with Gasteiger partial charge in [0.15, 0.2) is 0 Å². The summed E-state index contributed by atoms with van der Waals surface area (Å²) in [6.45, 7) is 5.66. The maximum atomic E-state index is 8.49. The molecule has 0 aliphatic heterocycles. The fourth-order valence-corrected chi connectivity index (χ4v) is 13.3. The molecule has 6 atom stereocenters. The topological polar surface area (TPSA) is 576 Å². The van der Waals surface area contributed by atoms with Crippen LogP contribution >= 0.6 is 0 Å². The zero-order valence-corrected chi connectivity index (χ0v) is 84.3. The van der Waals surface area contributed by atoms with Crippen molar-refractivity contribution in [3.05, 3.63) is 502 Å². The van der Waals surface area contributed by atoms with Gasteiger partial charge >= 0.3 is 34.1 Å². The second kappa shape index (κ2) is 69.4. The molecule has 0 spiro atoms. The first-order valence-corrected chi connectivity index (χ1v) is 49.6. The Morgan fingerprint density at radius 2 is 0.311 bits per heavy atom. The van der Waals surface area contributed by atoms with Crippen molar-refractivity contribution in [3.8, 4) is 0 Å². The monoisotopic (exact) mass is 2170 g/mol. The molecule has 0 aliphatic carbocycles. The Bertz CT molecular complexity index is 5270. The predicted molar refractivity (Wildman–Crippen MR) is 503 cm³/mol. The molecule has 0 amide bonds. The number of hydrogen-bond acceptors (Lipinski definition) is 34. The molecule has 0 N–H and O–H groups in total. The summed E-state index contributed by atoms with van der Waals surface area (Å²) in [5.74, 6) is 0. The molecule has 9 aromatic carbocycles. The summed E-state index contributed by atoms with van der Waals surface area (Å²) in [5, 5.41) is 0. The first kappa shape index (κ1) is 122. The van der Waals surface area contributed by atoms with Crippen molar-refractivity contribution in [2.75, 3.05) is 39.6 Å². The van der Waals surface area contributed by atoms with Crippen molar-refractivity contribution < 1.29 is 178 Å². The van der Waals surface area contributed by atoms with Gasteiger partial charge in [0.05, 0.1) is 150 Å². The van der Waals surface area contributed by atoms with Crippen LogP contribution in [0, 0.1) is 41.0 Å². The minimum atomic E-state index is -4.94. The second-order valence-electron chi connectivity index (χ2n) is 30.8. The molecule has 6 heterocycles. The van der Waals surface area contributed by atoms with Crippen LogP contribution in [-0.2, 0) is 102 Å². The standard InChI is InChI=1S/3C36H34N4O2.4ClHO4.2Fe/c3*1-3-14-31(15-4-1)35(39-23-33-18-7-9-20-37-33)27-41-25-29-12-11-13-30(22-29)26-42-28-36(32-16-5-2-6-17-32)40-24-34-19-8-10-21-38-34;4*2-1(3,4)5;;/h3*1-24,35-36H,25-28H2;4*(H,2,3,4,5);;/q;;;;;;;2*+2/p-4/t3*35-,36-;;;;;;/m000....../s1. The molecule has 0 radical (unpaired) electrons. The fraction of sp³-hybridized carbons (Fsp3) is 0.167. The number of benzene rings is 9. The van der Waals surface area contributed by atoms with E-state index >= 15 is 0 Å². The summed E-state index contributed by atoms with van der Waals surface area (Å²) in [5.41, 5.74) is 18.1. The van der Waals surface area contributed by atoms with Gasteiger partial charge in [-0.15, -0.1) is 41.0 Å². The smallest absolute Gasteiger partial charge is 0.374 e. The van der Waals surface area contributed by atoms with Crippen molar-refractivity contribution in [2.45, 2.75) is 75.9 Å². The van der Waals surface area contributed by atoms with Gasteiger partial charge in [0.1, 0.15) is 0 Å². The first-order valence-electron chi connectivity index (χ1n) is 44.6. The number of ether oxygens (including phenoxy) is 6. The van der Waals surface area contributed by atoms with E-state index in [1.807, 2.05) is 274 Å². The average Bonchev–Trinajstić information content (AvgIpc) is 0.889. The molecule has 15 aromatic rings. The molecule has 0 aliphatic rings. The predicted octanol–water partition coefficient (Wildman–Crippen LogP) is 2.66. The Balaban J connectivity index is 0.000000272. The summed E-state index contributed by atoms with van der Waals surface area (Å²) in [6.07, 6.45) is 21.4. The third-order valence-electron chi connectivity index (χ3n) is 19.8. The van der Waals surface area contributed by atoms with Crippen molar-refractivity contribution in [1.29, 1.82) is 0 Å². The Morgan fingerprint density at radius 1 is 0.182 bits per heavy atom. The number of halogens is 4. The zero-order chi connectivity index (χ0) is 104. The molecule has 0 saturated carbocycles. The maximum Gasteiger partial charge on any atom is 2.00 e. The van der Waals surface area contributed by atoms with Gasteiger partial charge in [0.2, 0.25) is 0 Å². The van der Waals surface area contributed by atoms with Gasteiger partial charge in [-0.2, -0.15) is 0 Å². The summed E-state index contributed by atoms with van der Waals surface area (Å²) in [6, 6.07) is 120. The van der Waals surface area contributed by atoms with Crippen molar-refractivity contribution >= 4 is 37.3 Å².